The Kier molecular flexibility index (Phi) is 8.77. The van der Waals surface area contributed by atoms with Gasteiger partial charge in [-0.05, 0) is 74.5 Å². The van der Waals surface area contributed by atoms with Crippen LogP contribution in [0.25, 0.3) is 10.9 Å². The van der Waals surface area contributed by atoms with E-state index in [2.05, 4.69) is 10.6 Å². The molecule has 1 aliphatic heterocycles. The number of hydrogen-bond acceptors (Lipinski definition) is 4. The highest BCUT2D eigenvalue weighted by Crippen LogP contribution is 2.35. The lowest BCUT2D eigenvalue weighted by Crippen LogP contribution is -2.40. The Hall–Kier alpha value is -3.86. The molecule has 3 atom stereocenters. The topological polar surface area (TPSA) is 104 Å². The lowest BCUT2D eigenvalue weighted by atomic mass is 9.93. The van der Waals surface area contributed by atoms with Crippen LogP contribution in [0.4, 0.5) is 18.9 Å². The van der Waals surface area contributed by atoms with E-state index in [-0.39, 0.29) is 31.0 Å². The first-order valence-electron chi connectivity index (χ1n) is 13.7. The molecular formula is C30H35F3N4O4. The maximum atomic E-state index is 13.6. The standard InChI is InChI=1S/C30H35F3N4O4/c1-5-21(29(40)41)23-10-8-19(16-36-12-6-7-26(36)30(31,32)33)13-24(23)35-27(38)18(3)37-15-17(2)22-11-9-20(14-25(22)37)28(39)34-4/h8-11,13-15,18,21,26H,5-7,12,16H2,1-4H3,(H,34,39)(H,35,38)(H,40,41)/t18?,21?,26-/m1/s1. The quantitative estimate of drug-likeness (QED) is 0.309. The molecule has 0 radical (unpaired) electrons. The highest BCUT2D eigenvalue weighted by atomic mass is 19.4. The van der Waals surface area contributed by atoms with Gasteiger partial charge >= 0.3 is 12.1 Å². The largest absolute Gasteiger partial charge is 0.481 e. The summed E-state index contributed by atoms with van der Waals surface area (Å²) in [6.45, 7) is 5.64. The van der Waals surface area contributed by atoms with Crippen LogP contribution in [0.5, 0.6) is 0 Å². The summed E-state index contributed by atoms with van der Waals surface area (Å²) in [5, 5.41) is 16.2. The number of benzene rings is 2. The van der Waals surface area contributed by atoms with Gasteiger partial charge in [-0.2, -0.15) is 13.2 Å². The maximum Gasteiger partial charge on any atom is 0.404 e. The molecule has 2 unspecified atom stereocenters. The summed E-state index contributed by atoms with van der Waals surface area (Å²) in [7, 11) is 1.53. The predicted molar refractivity (Wildman–Crippen MR) is 150 cm³/mol. The number of aromatic nitrogens is 1. The lowest BCUT2D eigenvalue weighted by Gasteiger charge is -2.27. The number of halogens is 3. The van der Waals surface area contributed by atoms with Crippen LogP contribution in [0, 0.1) is 6.92 Å². The molecule has 3 N–H and O–H groups in total. The van der Waals surface area contributed by atoms with Gasteiger partial charge in [-0.25, -0.2) is 0 Å². The maximum absolute atomic E-state index is 13.6. The van der Waals surface area contributed by atoms with Gasteiger partial charge in [-0.15, -0.1) is 0 Å². The fourth-order valence-electron chi connectivity index (χ4n) is 5.66. The monoisotopic (exact) mass is 572 g/mol. The molecule has 41 heavy (non-hydrogen) atoms. The number of aryl methyl sites for hydroxylation is 1. The number of amides is 2. The van der Waals surface area contributed by atoms with E-state index >= 15 is 0 Å². The zero-order valence-corrected chi connectivity index (χ0v) is 23.5. The molecule has 1 saturated heterocycles. The number of carbonyl (C=O) groups excluding carboxylic acids is 2. The van der Waals surface area contributed by atoms with Crippen molar-refractivity contribution in [3.8, 4) is 0 Å². The Bertz CT molecular complexity index is 1470. The smallest absolute Gasteiger partial charge is 0.404 e. The van der Waals surface area contributed by atoms with Gasteiger partial charge in [0.05, 0.1) is 5.92 Å². The Balaban J connectivity index is 1.67. The van der Waals surface area contributed by atoms with Crippen molar-refractivity contribution in [1.82, 2.24) is 14.8 Å². The molecule has 8 nitrogen and oxygen atoms in total. The zero-order valence-electron chi connectivity index (χ0n) is 23.5. The molecule has 2 aromatic carbocycles. The minimum absolute atomic E-state index is 0.0243. The van der Waals surface area contributed by atoms with Gasteiger partial charge in [0.2, 0.25) is 5.91 Å². The molecule has 0 bridgehead atoms. The number of nitrogens with zero attached hydrogens (tertiary/aromatic N) is 2. The van der Waals surface area contributed by atoms with Crippen LogP contribution in [0.15, 0.2) is 42.6 Å². The number of rotatable bonds is 9. The Morgan fingerprint density at radius 1 is 1.15 bits per heavy atom. The number of hydrogen-bond donors (Lipinski definition) is 3. The van der Waals surface area contributed by atoms with Gasteiger partial charge in [0.25, 0.3) is 5.91 Å². The highest BCUT2D eigenvalue weighted by Gasteiger charge is 2.45. The summed E-state index contributed by atoms with van der Waals surface area (Å²) >= 11 is 0. The number of carbonyl (C=O) groups is 3. The molecule has 2 heterocycles. The first-order valence-corrected chi connectivity index (χ1v) is 13.7. The van der Waals surface area contributed by atoms with E-state index in [1.807, 2.05) is 19.2 Å². The van der Waals surface area contributed by atoms with Gasteiger partial charge in [-0.3, -0.25) is 19.3 Å². The molecule has 11 heteroatoms. The average molecular weight is 573 g/mol. The van der Waals surface area contributed by atoms with Crippen molar-refractivity contribution < 1.29 is 32.7 Å². The minimum Gasteiger partial charge on any atom is -0.481 e. The first-order chi connectivity index (χ1) is 19.3. The van der Waals surface area contributed by atoms with E-state index in [1.54, 1.807) is 48.7 Å². The molecule has 3 aromatic rings. The van der Waals surface area contributed by atoms with Crippen molar-refractivity contribution in [3.63, 3.8) is 0 Å². The molecule has 220 valence electrons. The number of nitrogens with one attached hydrogen (secondary N) is 2. The minimum atomic E-state index is -4.34. The van der Waals surface area contributed by atoms with Gasteiger partial charge in [0.15, 0.2) is 0 Å². The summed E-state index contributed by atoms with van der Waals surface area (Å²) in [4.78, 5) is 39.2. The third-order valence-electron chi connectivity index (χ3n) is 7.90. The summed E-state index contributed by atoms with van der Waals surface area (Å²) in [5.41, 5.74) is 3.22. The molecule has 2 amide bonds. The third kappa shape index (κ3) is 6.24. The zero-order chi connectivity index (χ0) is 30.1. The molecule has 1 aliphatic rings. The summed E-state index contributed by atoms with van der Waals surface area (Å²) in [6.07, 6.45) is -1.79. The third-order valence-corrected chi connectivity index (χ3v) is 7.90. The van der Waals surface area contributed by atoms with E-state index in [4.69, 9.17) is 0 Å². The van der Waals surface area contributed by atoms with Gasteiger partial charge in [0.1, 0.15) is 12.1 Å². The van der Waals surface area contributed by atoms with E-state index < -0.39 is 36.1 Å². The van der Waals surface area contributed by atoms with E-state index in [0.29, 0.717) is 35.2 Å². The van der Waals surface area contributed by atoms with E-state index in [9.17, 15) is 32.7 Å². The second-order valence-electron chi connectivity index (χ2n) is 10.6. The number of anilines is 1. The molecule has 1 aromatic heterocycles. The Morgan fingerprint density at radius 3 is 2.51 bits per heavy atom. The van der Waals surface area contributed by atoms with Crippen molar-refractivity contribution in [2.24, 2.45) is 0 Å². The van der Waals surface area contributed by atoms with Crippen LogP contribution in [-0.2, 0) is 16.1 Å². The van der Waals surface area contributed by atoms with Crippen LogP contribution in [0.2, 0.25) is 0 Å². The highest BCUT2D eigenvalue weighted by molar-refractivity contribution is 6.00. The SMILES string of the molecule is CCC(C(=O)O)c1ccc(CN2CCC[C@@H]2C(F)(F)F)cc1NC(=O)C(C)n1cc(C)c2ccc(C(=O)NC)cc21. The van der Waals surface area contributed by atoms with Crippen molar-refractivity contribution in [2.45, 2.75) is 70.8 Å². The lowest BCUT2D eigenvalue weighted by molar-refractivity contribution is -0.177. The molecule has 4 rings (SSSR count). The number of carboxylic acid groups (broad SMARTS) is 1. The molecule has 0 aliphatic carbocycles. The second-order valence-corrected chi connectivity index (χ2v) is 10.6. The molecular weight excluding hydrogens is 537 g/mol. The summed E-state index contributed by atoms with van der Waals surface area (Å²) in [5.74, 6) is -2.66. The second kappa shape index (κ2) is 11.9. The number of alkyl halides is 3. The Morgan fingerprint density at radius 2 is 1.88 bits per heavy atom. The number of fused-ring (bicyclic) bond motifs is 1. The van der Waals surface area contributed by atoms with Crippen LogP contribution in [0.3, 0.4) is 0 Å². The van der Waals surface area contributed by atoms with Crippen LogP contribution < -0.4 is 10.6 Å². The van der Waals surface area contributed by atoms with E-state index in [1.165, 1.54) is 11.9 Å². The predicted octanol–water partition coefficient (Wildman–Crippen LogP) is 5.61. The van der Waals surface area contributed by atoms with Crippen LogP contribution >= 0.6 is 0 Å². The fourth-order valence-corrected chi connectivity index (χ4v) is 5.66. The van der Waals surface area contributed by atoms with Gasteiger partial charge in [-0.1, -0.05) is 25.1 Å². The van der Waals surface area contributed by atoms with Crippen molar-refractivity contribution in [1.29, 1.82) is 0 Å². The van der Waals surface area contributed by atoms with E-state index in [0.717, 1.165) is 10.9 Å². The van der Waals surface area contributed by atoms with Crippen LogP contribution in [-0.4, -0.2) is 58.2 Å². The number of likely N-dealkylation sites (tertiary alicyclic amines) is 1. The molecule has 0 spiro atoms. The normalized spacial score (nSPS) is 17.4. The van der Waals surface area contributed by atoms with Crippen LogP contribution in [0.1, 0.15) is 72.1 Å². The van der Waals surface area contributed by atoms with Crippen molar-refractivity contribution in [2.75, 3.05) is 18.9 Å². The summed E-state index contributed by atoms with van der Waals surface area (Å²) < 4.78 is 42.4. The Labute approximate surface area is 236 Å². The number of aliphatic carboxylic acids is 1. The molecule has 0 saturated carbocycles. The van der Waals surface area contributed by atoms with Crippen molar-refractivity contribution in [3.05, 3.63) is 64.8 Å². The average Bonchev–Trinajstić information content (AvgIpc) is 3.53. The van der Waals surface area contributed by atoms with Gasteiger partial charge in [0, 0.05) is 41.9 Å². The molecule has 1 fully saturated rings. The first kappa shape index (κ1) is 30.1. The number of carboxylic acids is 1. The summed E-state index contributed by atoms with van der Waals surface area (Å²) in [6, 6.07) is 7.76. The van der Waals surface area contributed by atoms with Gasteiger partial charge < -0.3 is 20.3 Å². The fraction of sp³-hybridized carbons (Fsp3) is 0.433. The van der Waals surface area contributed by atoms with Crippen molar-refractivity contribution >= 4 is 34.4 Å².